The second-order valence-electron chi connectivity index (χ2n) is 10.2. The van der Waals surface area contributed by atoms with E-state index in [1.54, 1.807) is 4.90 Å². The van der Waals surface area contributed by atoms with E-state index < -0.39 is 35.2 Å². The van der Waals surface area contributed by atoms with Gasteiger partial charge in [0.1, 0.15) is 21.3 Å². The zero-order valence-corrected chi connectivity index (χ0v) is 21.5. The van der Waals surface area contributed by atoms with Crippen molar-refractivity contribution in [3.8, 4) is 0 Å². The normalized spacial score (nSPS) is 21.0. The molecule has 0 saturated carbocycles. The number of anilines is 2. The molecule has 6 nitrogen and oxygen atoms in total. The molecule has 39 heavy (non-hydrogen) atoms. The van der Waals surface area contributed by atoms with Gasteiger partial charge in [0.05, 0.1) is 11.4 Å². The standard InChI is InChI=1S/C26H25F6N5OS/c27-17-10-20(37-11-14-2-3-15(12-37)34-14)18(28)8-13(17)4-5-33-24(38)22-21(36-6-1-7-36)16-9-19(29)23(26(30,31)32)35-25(16)39-22/h8-10,14-15,34H,1-7,11-12H2,(H,33,38). The number of halogens is 6. The number of thiophene rings is 1. The van der Waals surface area contributed by atoms with Crippen molar-refractivity contribution in [3.05, 3.63) is 51.8 Å². The number of hydrogen-bond acceptors (Lipinski definition) is 6. The van der Waals surface area contributed by atoms with Crippen molar-refractivity contribution in [3.63, 3.8) is 0 Å². The summed E-state index contributed by atoms with van der Waals surface area (Å²) >= 11 is 0.747. The van der Waals surface area contributed by atoms with Crippen LogP contribution in [0.3, 0.4) is 0 Å². The first-order valence-corrected chi connectivity index (χ1v) is 13.6. The molecule has 208 valence electrons. The number of alkyl halides is 3. The number of benzene rings is 1. The summed E-state index contributed by atoms with van der Waals surface area (Å²) in [7, 11) is 0. The third-order valence-electron chi connectivity index (χ3n) is 7.61. The van der Waals surface area contributed by atoms with E-state index in [4.69, 9.17) is 0 Å². The number of pyridine rings is 1. The lowest BCUT2D eigenvalue weighted by atomic mass is 10.1. The van der Waals surface area contributed by atoms with Gasteiger partial charge in [-0.15, -0.1) is 11.3 Å². The zero-order valence-electron chi connectivity index (χ0n) is 20.7. The maximum atomic E-state index is 15.0. The molecule has 0 radical (unpaired) electrons. The molecule has 2 N–H and O–H groups in total. The molecule has 3 aliphatic heterocycles. The van der Waals surface area contributed by atoms with Crippen molar-refractivity contribution in [2.75, 3.05) is 42.5 Å². The van der Waals surface area contributed by atoms with Crippen LogP contribution in [0, 0.1) is 17.5 Å². The van der Waals surface area contributed by atoms with Crippen molar-refractivity contribution in [2.45, 2.75) is 43.9 Å². The summed E-state index contributed by atoms with van der Waals surface area (Å²) in [4.78, 5) is 20.2. The highest BCUT2D eigenvalue weighted by atomic mass is 32.1. The van der Waals surface area contributed by atoms with Gasteiger partial charge in [0.15, 0.2) is 11.5 Å². The highest BCUT2D eigenvalue weighted by molar-refractivity contribution is 7.21. The van der Waals surface area contributed by atoms with Crippen LogP contribution >= 0.6 is 11.3 Å². The minimum Gasteiger partial charge on any atom is -0.370 e. The number of hydrogen-bond donors (Lipinski definition) is 2. The molecule has 2 unspecified atom stereocenters. The van der Waals surface area contributed by atoms with Crippen LogP contribution in [-0.2, 0) is 12.6 Å². The average molecular weight is 570 g/mol. The first-order valence-electron chi connectivity index (χ1n) is 12.8. The molecule has 1 amide bonds. The lowest BCUT2D eigenvalue weighted by molar-refractivity contribution is -0.143. The SMILES string of the molecule is O=C(NCCc1cc(F)c(N2CC3CCC(C2)N3)cc1F)c1sc2nc(C(F)(F)F)c(F)cc2c1N1CCC1. The molecule has 6 rings (SSSR count). The molecule has 3 fully saturated rings. The molecule has 13 heteroatoms. The number of fused-ring (bicyclic) bond motifs is 3. The molecular formula is C26H25F6N5OS. The molecule has 0 aliphatic carbocycles. The van der Waals surface area contributed by atoms with E-state index in [1.807, 2.05) is 4.90 Å². The Morgan fingerprint density at radius 3 is 2.38 bits per heavy atom. The molecule has 1 aromatic carbocycles. The summed E-state index contributed by atoms with van der Waals surface area (Å²) < 4.78 is 83.7. The molecule has 2 atom stereocenters. The molecule has 3 aliphatic rings. The Balaban J connectivity index is 1.18. The van der Waals surface area contributed by atoms with Crippen LogP contribution in [0.2, 0.25) is 0 Å². The maximum absolute atomic E-state index is 15.0. The first-order chi connectivity index (χ1) is 18.6. The van der Waals surface area contributed by atoms with Gasteiger partial charge in [-0.2, -0.15) is 13.2 Å². The Labute approximate surface area is 224 Å². The van der Waals surface area contributed by atoms with E-state index in [0.29, 0.717) is 31.9 Å². The predicted molar refractivity (Wildman–Crippen MR) is 136 cm³/mol. The Hall–Kier alpha value is -3.06. The summed E-state index contributed by atoms with van der Waals surface area (Å²) in [5, 5.41) is 6.24. The smallest absolute Gasteiger partial charge is 0.370 e. The highest BCUT2D eigenvalue weighted by Gasteiger charge is 2.38. The van der Waals surface area contributed by atoms with E-state index >= 15 is 0 Å². The molecule has 5 heterocycles. The fourth-order valence-electron chi connectivity index (χ4n) is 5.59. The van der Waals surface area contributed by atoms with Crippen LogP contribution < -0.4 is 20.4 Å². The van der Waals surface area contributed by atoms with Crippen LogP contribution in [0.25, 0.3) is 10.2 Å². The zero-order chi connectivity index (χ0) is 27.5. The number of piperazine rings is 1. The number of aromatic nitrogens is 1. The van der Waals surface area contributed by atoms with E-state index in [2.05, 4.69) is 15.6 Å². The van der Waals surface area contributed by atoms with Gasteiger partial charge in [-0.05, 0) is 43.4 Å². The van der Waals surface area contributed by atoms with E-state index in [-0.39, 0.29) is 51.4 Å². The van der Waals surface area contributed by atoms with Gasteiger partial charge >= 0.3 is 6.18 Å². The second kappa shape index (κ2) is 9.84. The topological polar surface area (TPSA) is 60.5 Å². The van der Waals surface area contributed by atoms with E-state index in [0.717, 1.165) is 42.7 Å². The number of amides is 1. The fraction of sp³-hybridized carbons (Fsp3) is 0.462. The molecule has 3 aromatic rings. The summed E-state index contributed by atoms with van der Waals surface area (Å²) in [5.41, 5.74) is -0.966. The van der Waals surface area contributed by atoms with Crippen molar-refractivity contribution in [1.29, 1.82) is 0 Å². The van der Waals surface area contributed by atoms with E-state index in [1.165, 1.54) is 6.07 Å². The molecule has 3 saturated heterocycles. The number of nitrogens with one attached hydrogen (secondary N) is 2. The number of rotatable bonds is 6. The van der Waals surface area contributed by atoms with Crippen LogP contribution in [0.1, 0.15) is 40.2 Å². The van der Waals surface area contributed by atoms with Crippen molar-refractivity contribution in [1.82, 2.24) is 15.6 Å². The number of carbonyl (C=O) groups excluding carboxylic acids is 1. The first kappa shape index (κ1) is 26.2. The lowest BCUT2D eigenvalue weighted by Crippen LogP contribution is -2.51. The van der Waals surface area contributed by atoms with Gasteiger partial charge in [0.2, 0.25) is 0 Å². The fourth-order valence-corrected chi connectivity index (χ4v) is 6.69. The number of carbonyl (C=O) groups is 1. The van der Waals surface area contributed by atoms with Gasteiger partial charge in [0, 0.05) is 56.3 Å². The van der Waals surface area contributed by atoms with Crippen LogP contribution in [-0.4, -0.2) is 55.7 Å². The third-order valence-corrected chi connectivity index (χ3v) is 8.70. The Morgan fingerprint density at radius 1 is 1.03 bits per heavy atom. The minimum absolute atomic E-state index is 0.0105. The van der Waals surface area contributed by atoms with Crippen molar-refractivity contribution in [2.24, 2.45) is 0 Å². The van der Waals surface area contributed by atoms with Crippen molar-refractivity contribution >= 4 is 38.8 Å². The van der Waals surface area contributed by atoms with Gasteiger partial charge in [-0.1, -0.05) is 0 Å². The van der Waals surface area contributed by atoms with E-state index in [9.17, 15) is 31.1 Å². The van der Waals surface area contributed by atoms with Crippen LogP contribution in [0.15, 0.2) is 18.2 Å². The predicted octanol–water partition coefficient (Wildman–Crippen LogP) is 4.86. The van der Waals surface area contributed by atoms with Crippen LogP contribution in [0.5, 0.6) is 0 Å². The average Bonchev–Trinajstić information content (AvgIpc) is 3.37. The summed E-state index contributed by atoms with van der Waals surface area (Å²) in [6.07, 6.45) is -2.11. The summed E-state index contributed by atoms with van der Waals surface area (Å²) in [5.74, 6) is -3.20. The Bertz CT molecular complexity index is 1430. The maximum Gasteiger partial charge on any atom is 0.436 e. The van der Waals surface area contributed by atoms with Gasteiger partial charge in [-0.25, -0.2) is 18.2 Å². The lowest BCUT2D eigenvalue weighted by Gasteiger charge is -2.34. The molecular weight excluding hydrogens is 544 g/mol. The molecule has 0 spiro atoms. The third kappa shape index (κ3) is 4.90. The summed E-state index contributed by atoms with van der Waals surface area (Å²) in [6, 6.07) is 3.65. The molecule has 2 aromatic heterocycles. The Kier molecular flexibility index (Phi) is 6.61. The van der Waals surface area contributed by atoms with Crippen LogP contribution in [0.4, 0.5) is 37.7 Å². The minimum atomic E-state index is -4.97. The quantitative estimate of drug-likeness (QED) is 0.416. The highest BCUT2D eigenvalue weighted by Crippen LogP contribution is 2.42. The van der Waals surface area contributed by atoms with Gasteiger partial charge < -0.3 is 20.4 Å². The second-order valence-corrected chi connectivity index (χ2v) is 11.2. The number of nitrogens with zero attached hydrogens (tertiary/aromatic N) is 3. The summed E-state index contributed by atoms with van der Waals surface area (Å²) in [6.45, 7) is 2.33. The Morgan fingerprint density at radius 2 is 1.74 bits per heavy atom. The molecule has 2 bridgehead atoms. The largest absolute Gasteiger partial charge is 0.436 e. The van der Waals surface area contributed by atoms with Gasteiger partial charge in [0.25, 0.3) is 5.91 Å². The monoisotopic (exact) mass is 569 g/mol. The van der Waals surface area contributed by atoms with Crippen molar-refractivity contribution < 1.29 is 31.1 Å². The van der Waals surface area contributed by atoms with Gasteiger partial charge in [-0.3, -0.25) is 4.79 Å².